The van der Waals surface area contributed by atoms with Crippen molar-refractivity contribution in [3.8, 4) is 0 Å². The van der Waals surface area contributed by atoms with Crippen molar-refractivity contribution in [2.75, 3.05) is 6.61 Å². The minimum absolute atomic E-state index is 0.363. The highest BCUT2D eigenvalue weighted by molar-refractivity contribution is 5.80. The van der Waals surface area contributed by atoms with Gasteiger partial charge in [-0.25, -0.2) is 0 Å². The van der Waals surface area contributed by atoms with Crippen LogP contribution in [-0.2, 0) is 4.79 Å². The normalized spacial score (nSPS) is 13.5. The zero-order chi connectivity index (χ0) is 42.3. The van der Waals surface area contributed by atoms with Crippen molar-refractivity contribution in [1.29, 1.82) is 0 Å². The third-order valence-corrected chi connectivity index (χ3v) is 12.3. The number of amides is 1. The van der Waals surface area contributed by atoms with Crippen LogP contribution in [0.1, 0.15) is 284 Å². The summed E-state index contributed by atoms with van der Waals surface area (Å²) < 4.78 is 0. The lowest BCUT2D eigenvalue weighted by Crippen LogP contribution is -2.48. The second-order valence-corrected chi connectivity index (χ2v) is 18.1. The molecule has 5 heteroatoms. The van der Waals surface area contributed by atoms with Gasteiger partial charge >= 0.3 is 0 Å². The Labute approximate surface area is 362 Å². The number of hydrogen-bond donors (Lipinski definition) is 4. The first kappa shape index (κ1) is 56.8. The van der Waals surface area contributed by atoms with Crippen LogP contribution in [0.15, 0.2) is 24.3 Å². The van der Waals surface area contributed by atoms with Gasteiger partial charge in [-0.15, -0.1) is 0 Å². The maximum absolute atomic E-state index is 12.5. The predicted molar refractivity (Wildman–Crippen MR) is 255 cm³/mol. The standard InChI is InChI=1S/C53H103NO4/c1-3-5-7-9-11-13-15-17-19-21-23-25-27-29-31-33-35-37-39-41-43-45-47-51(56)50(49-55)54-53(58)52(57)48-46-44-42-40-38-36-34-32-30-28-26-24-22-20-18-16-14-12-10-8-6-4-2/h30,32,45,47,50-52,55-57H,3-29,31,33-44,46,48-49H2,1-2H3,(H,54,58)/b32-30-,47-45+. The van der Waals surface area contributed by atoms with Crippen molar-refractivity contribution in [1.82, 2.24) is 5.32 Å². The number of aliphatic hydroxyl groups excluding tert-OH is 3. The average molecular weight is 818 g/mol. The van der Waals surface area contributed by atoms with Gasteiger partial charge in [0.2, 0.25) is 5.91 Å². The summed E-state index contributed by atoms with van der Waals surface area (Å²) in [6, 6.07) is -0.799. The summed E-state index contributed by atoms with van der Waals surface area (Å²) in [4.78, 5) is 12.5. The fourth-order valence-corrected chi connectivity index (χ4v) is 8.18. The van der Waals surface area contributed by atoms with Crippen LogP contribution in [0.2, 0.25) is 0 Å². The van der Waals surface area contributed by atoms with Crippen molar-refractivity contribution >= 4 is 5.91 Å². The Kier molecular flexibility index (Phi) is 47.5. The molecule has 0 rings (SSSR count). The zero-order valence-electron chi connectivity index (χ0n) is 39.2. The van der Waals surface area contributed by atoms with Gasteiger partial charge in [0, 0.05) is 0 Å². The summed E-state index contributed by atoms with van der Waals surface area (Å²) in [5.74, 6) is -0.504. The first-order valence-electron chi connectivity index (χ1n) is 26.2. The number of carbonyl (C=O) groups is 1. The minimum Gasteiger partial charge on any atom is -0.394 e. The van der Waals surface area contributed by atoms with Crippen LogP contribution in [-0.4, -0.2) is 46.1 Å². The molecular weight excluding hydrogens is 715 g/mol. The van der Waals surface area contributed by atoms with Crippen LogP contribution in [0, 0.1) is 0 Å². The summed E-state index contributed by atoms with van der Waals surface area (Å²) in [5, 5.41) is 33.3. The summed E-state index contributed by atoms with van der Waals surface area (Å²) in [6.45, 7) is 4.21. The summed E-state index contributed by atoms with van der Waals surface area (Å²) in [5.41, 5.74) is 0. The van der Waals surface area contributed by atoms with Gasteiger partial charge in [0.1, 0.15) is 6.10 Å². The molecule has 3 atom stereocenters. The van der Waals surface area contributed by atoms with Gasteiger partial charge in [-0.3, -0.25) is 4.79 Å². The maximum atomic E-state index is 12.5. The summed E-state index contributed by atoms with van der Waals surface area (Å²) in [6.07, 6.45) is 60.9. The Morgan fingerprint density at radius 3 is 1.00 bits per heavy atom. The monoisotopic (exact) mass is 818 g/mol. The van der Waals surface area contributed by atoms with Crippen LogP contribution in [0.5, 0.6) is 0 Å². The molecule has 58 heavy (non-hydrogen) atoms. The van der Waals surface area contributed by atoms with E-state index in [9.17, 15) is 20.1 Å². The van der Waals surface area contributed by atoms with Crippen LogP contribution in [0.3, 0.4) is 0 Å². The van der Waals surface area contributed by atoms with Crippen LogP contribution in [0.4, 0.5) is 0 Å². The molecule has 0 radical (unpaired) electrons. The van der Waals surface area contributed by atoms with Gasteiger partial charge in [0.05, 0.1) is 18.8 Å². The van der Waals surface area contributed by atoms with Crippen molar-refractivity contribution in [2.24, 2.45) is 0 Å². The van der Waals surface area contributed by atoms with Gasteiger partial charge in [0.25, 0.3) is 0 Å². The molecule has 344 valence electrons. The van der Waals surface area contributed by atoms with E-state index in [-0.39, 0.29) is 6.61 Å². The molecule has 0 aromatic carbocycles. The quantitative estimate of drug-likeness (QED) is 0.0364. The first-order valence-corrected chi connectivity index (χ1v) is 26.2. The molecule has 1 amide bonds. The number of allylic oxidation sites excluding steroid dienone is 3. The number of aliphatic hydroxyl groups is 3. The summed E-state index contributed by atoms with van der Waals surface area (Å²) >= 11 is 0. The third kappa shape index (κ3) is 42.9. The smallest absolute Gasteiger partial charge is 0.249 e. The number of rotatable bonds is 48. The number of hydrogen-bond acceptors (Lipinski definition) is 4. The highest BCUT2D eigenvalue weighted by Crippen LogP contribution is 2.17. The Balaban J connectivity index is 3.61. The van der Waals surface area contributed by atoms with E-state index < -0.39 is 24.2 Å². The predicted octanol–water partition coefficient (Wildman–Crippen LogP) is 15.7. The highest BCUT2D eigenvalue weighted by Gasteiger charge is 2.22. The largest absolute Gasteiger partial charge is 0.394 e. The molecule has 3 unspecified atom stereocenters. The molecule has 5 nitrogen and oxygen atoms in total. The van der Waals surface area contributed by atoms with Crippen molar-refractivity contribution in [3.05, 3.63) is 24.3 Å². The molecule has 0 bridgehead atoms. The summed E-state index contributed by atoms with van der Waals surface area (Å²) in [7, 11) is 0. The molecule has 0 aliphatic heterocycles. The lowest BCUT2D eigenvalue weighted by molar-refractivity contribution is -0.131. The average Bonchev–Trinajstić information content (AvgIpc) is 3.23. The van der Waals surface area contributed by atoms with E-state index in [1.165, 1.54) is 231 Å². The van der Waals surface area contributed by atoms with Gasteiger partial charge in [-0.1, -0.05) is 263 Å². The topological polar surface area (TPSA) is 89.8 Å². The molecule has 0 fully saturated rings. The SMILES string of the molecule is CCCCCCCCCCCCCC/C=C\CCCCCCCCC(O)C(=O)NC(CO)C(O)/C=C/CCCCCCCCCCCCCCCCCCCCCC. The second-order valence-electron chi connectivity index (χ2n) is 18.1. The van der Waals surface area contributed by atoms with Crippen molar-refractivity contribution in [3.63, 3.8) is 0 Å². The first-order chi connectivity index (χ1) is 28.6. The van der Waals surface area contributed by atoms with Crippen LogP contribution < -0.4 is 5.32 Å². The van der Waals surface area contributed by atoms with E-state index in [0.717, 1.165) is 32.1 Å². The van der Waals surface area contributed by atoms with Crippen molar-refractivity contribution in [2.45, 2.75) is 302 Å². The Bertz CT molecular complexity index is 859. The number of carbonyl (C=O) groups excluding carboxylic acids is 1. The molecule has 0 aliphatic rings. The molecule has 0 spiro atoms. The van der Waals surface area contributed by atoms with E-state index in [1.807, 2.05) is 6.08 Å². The van der Waals surface area contributed by atoms with E-state index >= 15 is 0 Å². The van der Waals surface area contributed by atoms with Gasteiger partial charge < -0.3 is 20.6 Å². The van der Waals surface area contributed by atoms with E-state index in [2.05, 4.69) is 31.3 Å². The van der Waals surface area contributed by atoms with Gasteiger partial charge in [-0.05, 0) is 44.9 Å². The second kappa shape index (κ2) is 48.5. The van der Waals surface area contributed by atoms with E-state index in [1.54, 1.807) is 6.08 Å². The molecule has 0 heterocycles. The maximum Gasteiger partial charge on any atom is 0.249 e. The third-order valence-electron chi connectivity index (χ3n) is 12.3. The lowest BCUT2D eigenvalue weighted by Gasteiger charge is -2.21. The van der Waals surface area contributed by atoms with Gasteiger partial charge in [0.15, 0.2) is 0 Å². The molecule has 0 saturated carbocycles. The molecule has 4 N–H and O–H groups in total. The van der Waals surface area contributed by atoms with Crippen LogP contribution in [0.25, 0.3) is 0 Å². The number of nitrogens with one attached hydrogen (secondary N) is 1. The zero-order valence-corrected chi connectivity index (χ0v) is 39.2. The molecule has 0 aromatic rings. The molecule has 0 aromatic heterocycles. The fourth-order valence-electron chi connectivity index (χ4n) is 8.18. The fraction of sp³-hybridized carbons (Fsp3) is 0.906. The lowest BCUT2D eigenvalue weighted by atomic mass is 10.0. The highest BCUT2D eigenvalue weighted by atomic mass is 16.3. The molecular formula is C53H103NO4. The van der Waals surface area contributed by atoms with Crippen molar-refractivity contribution < 1.29 is 20.1 Å². The Morgan fingerprint density at radius 1 is 0.414 bits per heavy atom. The number of unbranched alkanes of at least 4 members (excludes halogenated alkanes) is 38. The van der Waals surface area contributed by atoms with Crippen LogP contribution >= 0.6 is 0 Å². The Morgan fingerprint density at radius 2 is 0.690 bits per heavy atom. The van der Waals surface area contributed by atoms with E-state index in [4.69, 9.17) is 0 Å². The Hall–Kier alpha value is -1.17. The van der Waals surface area contributed by atoms with Gasteiger partial charge in [-0.2, -0.15) is 0 Å². The molecule has 0 saturated heterocycles. The molecule has 0 aliphatic carbocycles. The minimum atomic E-state index is -1.10. The van der Waals surface area contributed by atoms with E-state index in [0.29, 0.717) is 6.42 Å².